The van der Waals surface area contributed by atoms with Crippen molar-refractivity contribution in [2.45, 2.75) is 12.7 Å². The van der Waals surface area contributed by atoms with Crippen LogP contribution in [-0.2, 0) is 6.54 Å². The van der Waals surface area contributed by atoms with Crippen molar-refractivity contribution in [3.63, 3.8) is 0 Å². The zero-order valence-corrected chi connectivity index (χ0v) is 15.5. The summed E-state index contributed by atoms with van der Waals surface area (Å²) in [6, 6.07) is 9.68. The third kappa shape index (κ3) is 5.71. The van der Waals surface area contributed by atoms with Gasteiger partial charge in [-0.3, -0.25) is 9.48 Å². The Balaban J connectivity index is 1.66. The Morgan fingerprint density at radius 1 is 1.21 bits per heavy atom. The van der Waals surface area contributed by atoms with Crippen LogP contribution in [0, 0.1) is 5.82 Å². The summed E-state index contributed by atoms with van der Waals surface area (Å²) in [5, 5.41) is 6.86. The number of alkyl halides is 3. The van der Waals surface area contributed by atoms with Crippen LogP contribution in [0.15, 0.2) is 54.9 Å². The Morgan fingerprint density at radius 2 is 1.97 bits per heavy atom. The molecular weight excluding hydrogens is 414 g/mol. The van der Waals surface area contributed by atoms with Gasteiger partial charge in [-0.15, -0.1) is 0 Å². The van der Waals surface area contributed by atoms with E-state index in [4.69, 9.17) is 11.6 Å². The van der Waals surface area contributed by atoms with Crippen molar-refractivity contribution in [3.8, 4) is 5.75 Å². The number of rotatable bonds is 6. The van der Waals surface area contributed by atoms with Gasteiger partial charge in [0.15, 0.2) is 6.61 Å². The Morgan fingerprint density at radius 3 is 2.69 bits per heavy atom. The summed E-state index contributed by atoms with van der Waals surface area (Å²) in [6.45, 7) is -1.40. The van der Waals surface area contributed by atoms with E-state index >= 15 is 0 Å². The van der Waals surface area contributed by atoms with Gasteiger partial charge in [0.1, 0.15) is 11.6 Å². The molecule has 1 heterocycles. The fourth-order valence-electron chi connectivity index (χ4n) is 2.46. The number of hydrogen-bond donors (Lipinski definition) is 1. The highest BCUT2D eigenvalue weighted by Gasteiger charge is 2.28. The fourth-order valence-corrected chi connectivity index (χ4v) is 2.68. The van der Waals surface area contributed by atoms with Crippen LogP contribution in [0.2, 0.25) is 5.02 Å². The standard InChI is InChI=1S/C19H14ClF4N3O2/c20-16-5-2-6-17(21)15(16)10-27-9-13(8-25-27)26-18(28)12-3-1-4-14(7-12)29-11-19(22,23)24/h1-9H,10-11H2,(H,26,28). The van der Waals surface area contributed by atoms with E-state index in [2.05, 4.69) is 15.2 Å². The molecule has 3 rings (SSSR count). The van der Waals surface area contributed by atoms with Crippen LogP contribution in [0.1, 0.15) is 15.9 Å². The molecule has 0 fully saturated rings. The van der Waals surface area contributed by atoms with Gasteiger partial charge in [0, 0.05) is 22.3 Å². The predicted molar refractivity (Wildman–Crippen MR) is 98.7 cm³/mol. The summed E-state index contributed by atoms with van der Waals surface area (Å²) in [5.41, 5.74) is 0.684. The molecule has 0 spiro atoms. The maximum absolute atomic E-state index is 13.9. The van der Waals surface area contributed by atoms with Gasteiger partial charge in [-0.1, -0.05) is 23.7 Å². The van der Waals surface area contributed by atoms with Gasteiger partial charge in [-0.05, 0) is 30.3 Å². The van der Waals surface area contributed by atoms with Crippen molar-refractivity contribution < 1.29 is 27.1 Å². The number of anilines is 1. The minimum Gasteiger partial charge on any atom is -0.484 e. The fraction of sp³-hybridized carbons (Fsp3) is 0.158. The molecule has 10 heteroatoms. The first-order valence-electron chi connectivity index (χ1n) is 8.27. The van der Waals surface area contributed by atoms with Crippen molar-refractivity contribution in [2.24, 2.45) is 0 Å². The molecule has 1 N–H and O–H groups in total. The van der Waals surface area contributed by atoms with Crippen molar-refractivity contribution >= 4 is 23.2 Å². The van der Waals surface area contributed by atoms with Gasteiger partial charge in [0.2, 0.25) is 0 Å². The van der Waals surface area contributed by atoms with Gasteiger partial charge in [-0.2, -0.15) is 18.3 Å². The van der Waals surface area contributed by atoms with Crippen LogP contribution in [-0.4, -0.2) is 28.5 Å². The summed E-state index contributed by atoms with van der Waals surface area (Å²) in [4.78, 5) is 12.3. The lowest BCUT2D eigenvalue weighted by Gasteiger charge is -2.10. The molecule has 2 aromatic carbocycles. The van der Waals surface area contributed by atoms with Gasteiger partial charge in [-0.25, -0.2) is 4.39 Å². The van der Waals surface area contributed by atoms with Gasteiger partial charge in [0.05, 0.1) is 18.4 Å². The van der Waals surface area contributed by atoms with Crippen LogP contribution >= 0.6 is 11.6 Å². The predicted octanol–water partition coefficient (Wildman–Crippen LogP) is 4.92. The van der Waals surface area contributed by atoms with Gasteiger partial charge < -0.3 is 10.1 Å². The Labute approximate surface area is 167 Å². The maximum atomic E-state index is 13.9. The SMILES string of the molecule is O=C(Nc1cnn(Cc2c(F)cccc2Cl)c1)c1cccc(OCC(F)(F)F)c1. The highest BCUT2D eigenvalue weighted by atomic mass is 35.5. The van der Waals surface area contributed by atoms with E-state index in [0.29, 0.717) is 5.69 Å². The number of nitrogens with zero attached hydrogens (tertiary/aromatic N) is 2. The summed E-state index contributed by atoms with van der Waals surface area (Å²) >= 11 is 5.99. The monoisotopic (exact) mass is 427 g/mol. The van der Waals surface area contributed by atoms with E-state index in [1.54, 1.807) is 6.07 Å². The van der Waals surface area contributed by atoms with Gasteiger partial charge >= 0.3 is 6.18 Å². The van der Waals surface area contributed by atoms with Gasteiger partial charge in [0.25, 0.3) is 5.91 Å². The molecule has 0 bridgehead atoms. The third-order valence-corrected chi connectivity index (χ3v) is 4.13. The molecule has 0 radical (unpaired) electrons. The number of hydrogen-bond acceptors (Lipinski definition) is 3. The molecule has 152 valence electrons. The molecule has 3 aromatic rings. The van der Waals surface area contributed by atoms with Crippen molar-refractivity contribution in [1.29, 1.82) is 0 Å². The second-order valence-electron chi connectivity index (χ2n) is 6.01. The smallest absolute Gasteiger partial charge is 0.422 e. The number of benzene rings is 2. The van der Waals surface area contributed by atoms with Crippen LogP contribution in [0.4, 0.5) is 23.2 Å². The summed E-state index contributed by atoms with van der Waals surface area (Å²) < 4.78 is 56.7. The number of aromatic nitrogens is 2. The molecule has 0 aliphatic heterocycles. The van der Waals surface area contributed by atoms with E-state index in [-0.39, 0.29) is 28.4 Å². The number of halogens is 5. The summed E-state index contributed by atoms with van der Waals surface area (Å²) in [7, 11) is 0. The molecule has 0 aliphatic rings. The number of amides is 1. The lowest BCUT2D eigenvalue weighted by molar-refractivity contribution is -0.153. The largest absolute Gasteiger partial charge is 0.484 e. The molecule has 1 aromatic heterocycles. The number of carbonyl (C=O) groups is 1. The van der Waals surface area contributed by atoms with E-state index in [0.717, 1.165) is 0 Å². The highest BCUT2D eigenvalue weighted by Crippen LogP contribution is 2.22. The lowest BCUT2D eigenvalue weighted by Crippen LogP contribution is -2.19. The first-order valence-corrected chi connectivity index (χ1v) is 8.65. The molecule has 0 saturated heterocycles. The quantitative estimate of drug-likeness (QED) is 0.568. The second kappa shape index (κ2) is 8.52. The minimum atomic E-state index is -4.48. The average molecular weight is 428 g/mol. The van der Waals surface area contributed by atoms with Crippen LogP contribution in [0.5, 0.6) is 5.75 Å². The first kappa shape index (κ1) is 20.7. The molecule has 5 nitrogen and oxygen atoms in total. The van der Waals surface area contributed by atoms with Crippen molar-refractivity contribution in [1.82, 2.24) is 9.78 Å². The first-order chi connectivity index (χ1) is 13.7. The number of carbonyl (C=O) groups excluding carboxylic acids is 1. The third-order valence-electron chi connectivity index (χ3n) is 3.77. The topological polar surface area (TPSA) is 56.2 Å². The Bertz CT molecular complexity index is 1000. The molecule has 0 aliphatic carbocycles. The Hall–Kier alpha value is -3.07. The molecule has 1 amide bonds. The number of nitrogens with one attached hydrogen (secondary N) is 1. The average Bonchev–Trinajstić information content (AvgIpc) is 3.10. The van der Waals surface area contributed by atoms with Crippen molar-refractivity contribution in [3.05, 3.63) is 76.8 Å². The zero-order valence-electron chi connectivity index (χ0n) is 14.7. The molecular formula is C19H14ClF4N3O2. The van der Waals surface area contributed by atoms with E-state index < -0.39 is 24.5 Å². The lowest BCUT2D eigenvalue weighted by atomic mass is 10.2. The number of ether oxygens (including phenoxy) is 1. The zero-order chi connectivity index (χ0) is 21.0. The summed E-state index contributed by atoms with van der Waals surface area (Å²) in [5.74, 6) is -1.12. The molecule has 0 unspecified atom stereocenters. The van der Waals surface area contributed by atoms with E-state index in [1.807, 2.05) is 0 Å². The summed E-state index contributed by atoms with van der Waals surface area (Å²) in [6.07, 6.45) is -1.64. The van der Waals surface area contributed by atoms with Crippen LogP contribution in [0.25, 0.3) is 0 Å². The maximum Gasteiger partial charge on any atom is 0.422 e. The Kier molecular flexibility index (Phi) is 6.07. The van der Waals surface area contributed by atoms with E-state index in [9.17, 15) is 22.4 Å². The molecule has 0 atom stereocenters. The van der Waals surface area contributed by atoms with Crippen LogP contribution < -0.4 is 10.1 Å². The normalized spacial score (nSPS) is 11.3. The minimum absolute atomic E-state index is 0.0577. The highest BCUT2D eigenvalue weighted by molar-refractivity contribution is 6.31. The second-order valence-corrected chi connectivity index (χ2v) is 6.42. The van der Waals surface area contributed by atoms with Crippen molar-refractivity contribution in [2.75, 3.05) is 11.9 Å². The van der Waals surface area contributed by atoms with E-state index in [1.165, 1.54) is 53.5 Å². The van der Waals surface area contributed by atoms with Crippen LogP contribution in [0.3, 0.4) is 0 Å². The molecule has 0 saturated carbocycles. The molecule has 29 heavy (non-hydrogen) atoms.